The van der Waals surface area contributed by atoms with Crippen LogP contribution in [0.15, 0.2) is 231 Å². The van der Waals surface area contributed by atoms with Crippen molar-refractivity contribution in [3.8, 4) is 92.0 Å². The van der Waals surface area contributed by atoms with Crippen molar-refractivity contribution in [2.24, 2.45) is 0 Å². The van der Waals surface area contributed by atoms with E-state index in [1.165, 1.54) is 194 Å². The van der Waals surface area contributed by atoms with Crippen LogP contribution in [0.2, 0.25) is 0 Å². The number of ether oxygens (including phenoxy) is 16. The lowest BCUT2D eigenvalue weighted by Gasteiger charge is -2.24. The van der Waals surface area contributed by atoms with E-state index in [2.05, 4.69) is 0 Å². The predicted octanol–water partition coefficient (Wildman–Crippen LogP) is 16.0. The molecule has 32 heteroatoms. The van der Waals surface area contributed by atoms with Gasteiger partial charge in [-0.25, -0.2) is 38.4 Å². The summed E-state index contributed by atoms with van der Waals surface area (Å²) in [5, 5.41) is -3.49. The molecule has 0 radical (unpaired) electrons. The molecular weight excluding hydrogens is 1670 g/mol. The van der Waals surface area contributed by atoms with Crippen LogP contribution in [0.25, 0.3) is 53.9 Å². The molecule has 0 spiro atoms. The number of benzene rings is 14. The minimum Gasteiger partial charge on any atom is -0.427 e. The van der Waals surface area contributed by atoms with E-state index in [4.69, 9.17) is 75.8 Å². The van der Waals surface area contributed by atoms with Gasteiger partial charge in [0.1, 0.15) is 92.0 Å². The van der Waals surface area contributed by atoms with Crippen LogP contribution in [0.1, 0.15) is 138 Å². The maximum Gasteiger partial charge on any atom is 0.345 e. The van der Waals surface area contributed by atoms with Gasteiger partial charge >= 0.3 is 95.5 Å². The molecule has 0 saturated heterocycles. The Kier molecular flexibility index (Phi) is 24.9. The van der Waals surface area contributed by atoms with Gasteiger partial charge in [-0.3, -0.25) is 38.4 Å². The highest BCUT2D eigenvalue weighted by Crippen LogP contribution is 2.51. The van der Waals surface area contributed by atoms with Crippen LogP contribution in [0, 0.1) is 0 Å². The van der Waals surface area contributed by atoms with Crippen LogP contribution >= 0.6 is 0 Å². The Hall–Kier alpha value is -17.8. The van der Waals surface area contributed by atoms with Crippen LogP contribution in [0.5, 0.6) is 92.0 Å². The minimum absolute atomic E-state index is 0.000213. The molecule has 14 aromatic carbocycles. The Morgan fingerprint density at radius 1 is 0.141 bits per heavy atom. The molecule has 0 atom stereocenters. The standard InChI is InChI=1S/C96H62O32/c1-47(97)113-55-9-25-63(26-10-55)121-89(105)77-41-71-73(43-79(77)91(107)123-65-29-13-57(14-30-65)115-49(3)99)85-84-76(46-82(94(110)126-68-35-19-60(20-36-68)118-52(6)102)87(85)95(111)127-69-37-21-61(22-38-69)119-53(7)103)72-42-78(90(106)122-64-27-11-56(12-28-64)114-48(2)98)80(92(108)124-66-31-15-58(16-32-66)116-50(4)100)44-74(72)86-83(84)75(71)45-81(93(109)125-67-33-17-59(18-34-67)117-51(5)101)88(86)96(112)128-70-39-23-62(24-40-70)120-54(8)104/h9-46H,1-8H3. The van der Waals surface area contributed by atoms with E-state index in [-0.39, 0.29) is 135 Å². The largest absolute Gasteiger partial charge is 0.427 e. The van der Waals surface area contributed by atoms with E-state index in [1.54, 1.807) is 0 Å². The number of fused-ring (bicyclic) bond motifs is 6. The number of hydrogen-bond acceptors (Lipinski definition) is 32. The maximum absolute atomic E-state index is 16.5. The van der Waals surface area contributed by atoms with Crippen molar-refractivity contribution < 1.29 is 153 Å². The third kappa shape index (κ3) is 19.8. The van der Waals surface area contributed by atoms with Gasteiger partial charge in [0.25, 0.3) is 0 Å². The third-order valence-electron chi connectivity index (χ3n) is 18.4. The van der Waals surface area contributed by atoms with Crippen LogP contribution < -0.4 is 75.8 Å². The summed E-state index contributed by atoms with van der Waals surface area (Å²) in [6, 6.07) is 46.2. The molecule has 0 saturated carbocycles. The van der Waals surface area contributed by atoms with Crippen LogP contribution in [0.3, 0.4) is 0 Å². The summed E-state index contributed by atoms with van der Waals surface area (Å²) < 4.78 is 91.1. The molecule has 0 N–H and O–H groups in total. The van der Waals surface area contributed by atoms with Crippen molar-refractivity contribution in [3.63, 3.8) is 0 Å². The Balaban J connectivity index is 1.18. The van der Waals surface area contributed by atoms with Crippen LogP contribution in [-0.4, -0.2) is 95.5 Å². The highest BCUT2D eigenvalue weighted by Gasteiger charge is 2.37. The normalized spacial score (nSPS) is 10.8. The van der Waals surface area contributed by atoms with Crippen molar-refractivity contribution >= 4 is 149 Å². The predicted molar refractivity (Wildman–Crippen MR) is 447 cm³/mol. The van der Waals surface area contributed by atoms with Crippen molar-refractivity contribution in [1.29, 1.82) is 0 Å². The number of rotatable bonds is 24. The lowest BCUT2D eigenvalue weighted by atomic mass is 9.79. The molecule has 0 bridgehead atoms. The molecule has 0 heterocycles. The first-order chi connectivity index (χ1) is 61.2. The fraction of sp³-hybridized carbons (Fsp3) is 0.0833. The van der Waals surface area contributed by atoms with Gasteiger partial charge in [0.15, 0.2) is 0 Å². The Labute approximate surface area is 720 Å². The van der Waals surface area contributed by atoms with Gasteiger partial charge in [-0.2, -0.15) is 0 Å². The Bertz CT molecular complexity index is 6560. The average Bonchev–Trinajstić information content (AvgIpc) is 0.676. The summed E-state index contributed by atoms with van der Waals surface area (Å²) in [6.45, 7) is 9.08. The molecule has 14 aromatic rings. The lowest BCUT2D eigenvalue weighted by Crippen LogP contribution is -2.21. The topological polar surface area (TPSA) is 421 Å². The van der Waals surface area contributed by atoms with Crippen molar-refractivity contribution in [3.05, 3.63) is 275 Å². The Morgan fingerprint density at radius 2 is 0.258 bits per heavy atom. The third-order valence-corrected chi connectivity index (χ3v) is 18.4. The van der Waals surface area contributed by atoms with Crippen molar-refractivity contribution in [2.75, 3.05) is 0 Å². The van der Waals surface area contributed by atoms with E-state index in [1.807, 2.05) is 0 Å². The minimum atomic E-state index is -1.46. The van der Waals surface area contributed by atoms with Gasteiger partial charge in [-0.15, -0.1) is 0 Å². The molecule has 0 fully saturated rings. The summed E-state index contributed by atoms with van der Waals surface area (Å²) in [5.41, 5.74) is -5.99. The smallest absolute Gasteiger partial charge is 0.345 e. The van der Waals surface area contributed by atoms with E-state index < -0.39 is 151 Å². The zero-order valence-electron chi connectivity index (χ0n) is 68.0. The highest BCUT2D eigenvalue weighted by atomic mass is 16.6. The van der Waals surface area contributed by atoms with E-state index >= 15 is 38.4 Å². The van der Waals surface area contributed by atoms with Gasteiger partial charge in [0, 0.05) is 66.2 Å². The SMILES string of the molecule is CC(=O)Oc1ccc(OC(=O)c2cc3c(cc2C(=O)Oc2ccc(OC(C)=O)cc2)c2c(C(=O)Oc4ccc(OC(C)=O)cc4)c(C(=O)Oc4ccc(OC(C)=O)cc4)cc4c5cc(C(=O)Oc6ccc(OC(C)=O)cc6)c(C(=O)Oc6ccc(OC(C)=O)cc6)cc5c5c(C(=O)Oc6ccc(OC(C)=O)cc6)c(C(=O)Oc6ccc(OC(C)=O)cc6)cc3c5c42)cc1. The fourth-order valence-electron chi connectivity index (χ4n) is 13.6. The molecule has 0 aliphatic heterocycles. The molecule has 32 nitrogen and oxygen atoms in total. The molecule has 14 rings (SSSR count). The molecule has 128 heavy (non-hydrogen) atoms. The quantitative estimate of drug-likeness (QED) is 0.0235. The van der Waals surface area contributed by atoms with E-state index in [0.717, 1.165) is 91.8 Å². The van der Waals surface area contributed by atoms with Crippen molar-refractivity contribution in [1.82, 2.24) is 0 Å². The second-order valence-electron chi connectivity index (χ2n) is 27.7. The zero-order chi connectivity index (χ0) is 91.1. The summed E-state index contributed by atoms with van der Waals surface area (Å²) in [6.07, 6.45) is 0. The van der Waals surface area contributed by atoms with Gasteiger partial charge in [-0.05, 0) is 274 Å². The van der Waals surface area contributed by atoms with E-state index in [9.17, 15) is 38.4 Å². The monoisotopic (exact) mass is 1730 g/mol. The first-order valence-electron chi connectivity index (χ1n) is 38.1. The summed E-state index contributed by atoms with van der Waals surface area (Å²) in [4.78, 5) is 226. The van der Waals surface area contributed by atoms with E-state index in [0.29, 0.717) is 0 Å². The molecule has 0 aliphatic carbocycles. The number of carbonyl (C=O) groups excluding carboxylic acids is 16. The first kappa shape index (κ1) is 86.5. The second kappa shape index (κ2) is 36.8. The van der Waals surface area contributed by atoms with Crippen LogP contribution in [0.4, 0.5) is 0 Å². The Morgan fingerprint density at radius 3 is 0.414 bits per heavy atom. The van der Waals surface area contributed by atoms with Gasteiger partial charge in [0.05, 0.1) is 44.5 Å². The molecule has 0 amide bonds. The molecule has 0 aliphatic rings. The first-order valence-corrected chi connectivity index (χ1v) is 38.1. The van der Waals surface area contributed by atoms with Crippen LogP contribution in [-0.2, 0) is 38.4 Å². The summed E-state index contributed by atoms with van der Waals surface area (Å²) in [7, 11) is 0. The average molecular weight is 1730 g/mol. The molecule has 0 aromatic heterocycles. The molecular formula is C96H62O32. The molecule has 638 valence electrons. The van der Waals surface area contributed by atoms with Crippen molar-refractivity contribution in [2.45, 2.75) is 55.4 Å². The summed E-state index contributed by atoms with van der Waals surface area (Å²) >= 11 is 0. The van der Waals surface area contributed by atoms with Gasteiger partial charge in [-0.1, -0.05) is 0 Å². The highest BCUT2D eigenvalue weighted by molar-refractivity contribution is 6.46. The van der Waals surface area contributed by atoms with Gasteiger partial charge < -0.3 is 75.8 Å². The number of hydrogen-bond donors (Lipinski definition) is 0. The number of esters is 16. The lowest BCUT2D eigenvalue weighted by molar-refractivity contribution is -0.132. The van der Waals surface area contributed by atoms with Gasteiger partial charge in [0.2, 0.25) is 0 Å². The second-order valence-corrected chi connectivity index (χ2v) is 27.7. The molecule has 0 unspecified atom stereocenters. The summed E-state index contributed by atoms with van der Waals surface area (Å²) in [5.74, 6) is -19.3. The maximum atomic E-state index is 16.5. The number of carbonyl (C=O) groups is 16. The fourth-order valence-corrected chi connectivity index (χ4v) is 13.6. The zero-order valence-corrected chi connectivity index (χ0v) is 68.0.